The van der Waals surface area contributed by atoms with E-state index in [2.05, 4.69) is 4.74 Å². The lowest BCUT2D eigenvalue weighted by molar-refractivity contribution is -0.340. The highest BCUT2D eigenvalue weighted by atomic mass is 19.4. The molecule has 0 aromatic heterocycles. The van der Waals surface area contributed by atoms with Crippen LogP contribution in [0.3, 0.4) is 0 Å². The summed E-state index contributed by atoms with van der Waals surface area (Å²) < 4.78 is 38.2. The molecule has 0 aromatic rings. The van der Waals surface area contributed by atoms with Crippen molar-refractivity contribution in [1.82, 2.24) is 0 Å². The molecule has 0 aliphatic carbocycles. The first-order valence-corrected chi connectivity index (χ1v) is 3.84. The SMILES string of the molecule is CCCCC(OC(F)(F)F)C(=O)O. The van der Waals surface area contributed by atoms with E-state index in [1.807, 2.05) is 0 Å². The average molecular weight is 200 g/mol. The quantitative estimate of drug-likeness (QED) is 0.739. The topological polar surface area (TPSA) is 46.5 Å². The molecule has 0 spiro atoms. The predicted molar refractivity (Wildman–Crippen MR) is 38.1 cm³/mol. The first-order chi connectivity index (χ1) is 5.87. The summed E-state index contributed by atoms with van der Waals surface area (Å²) in [6.45, 7) is 1.76. The second kappa shape index (κ2) is 5.06. The zero-order chi connectivity index (χ0) is 10.5. The molecule has 1 atom stereocenters. The van der Waals surface area contributed by atoms with E-state index in [-0.39, 0.29) is 6.42 Å². The van der Waals surface area contributed by atoms with Gasteiger partial charge in [-0.3, -0.25) is 4.74 Å². The van der Waals surface area contributed by atoms with Crippen molar-refractivity contribution in [2.75, 3.05) is 0 Å². The van der Waals surface area contributed by atoms with Crippen LogP contribution in [0, 0.1) is 0 Å². The Morgan fingerprint density at radius 3 is 2.38 bits per heavy atom. The van der Waals surface area contributed by atoms with Gasteiger partial charge in [0, 0.05) is 0 Å². The lowest BCUT2D eigenvalue weighted by Crippen LogP contribution is -2.30. The highest BCUT2D eigenvalue weighted by Crippen LogP contribution is 2.21. The molecule has 0 bridgehead atoms. The third-order valence-electron chi connectivity index (χ3n) is 1.37. The maximum absolute atomic E-state index is 11.6. The van der Waals surface area contributed by atoms with Crippen LogP contribution in [-0.4, -0.2) is 23.5 Å². The normalized spacial score (nSPS) is 14.2. The Morgan fingerprint density at radius 1 is 1.54 bits per heavy atom. The number of rotatable bonds is 5. The number of unbranched alkanes of at least 4 members (excludes halogenated alkanes) is 1. The lowest BCUT2D eigenvalue weighted by atomic mass is 10.2. The number of ether oxygens (including phenoxy) is 1. The van der Waals surface area contributed by atoms with Gasteiger partial charge in [-0.15, -0.1) is 13.2 Å². The van der Waals surface area contributed by atoms with Gasteiger partial charge in [0.25, 0.3) is 0 Å². The Morgan fingerprint density at radius 2 is 2.08 bits per heavy atom. The van der Waals surface area contributed by atoms with Gasteiger partial charge in [0.1, 0.15) is 0 Å². The third kappa shape index (κ3) is 6.39. The van der Waals surface area contributed by atoms with Gasteiger partial charge in [-0.1, -0.05) is 19.8 Å². The Balaban J connectivity index is 4.03. The number of carboxylic acid groups (broad SMARTS) is 1. The largest absolute Gasteiger partial charge is 0.523 e. The number of hydrogen-bond donors (Lipinski definition) is 1. The molecule has 0 heterocycles. The Hall–Kier alpha value is -0.780. The molecule has 0 fully saturated rings. The van der Waals surface area contributed by atoms with Gasteiger partial charge in [0.2, 0.25) is 0 Å². The molecule has 0 amide bonds. The second-order valence-corrected chi connectivity index (χ2v) is 2.53. The molecule has 0 saturated carbocycles. The van der Waals surface area contributed by atoms with Crippen LogP contribution in [0.1, 0.15) is 26.2 Å². The average Bonchev–Trinajstić information content (AvgIpc) is 1.95. The number of halogens is 3. The molecule has 0 aliphatic rings. The fourth-order valence-corrected chi connectivity index (χ4v) is 0.784. The van der Waals surface area contributed by atoms with Crippen LogP contribution >= 0.6 is 0 Å². The van der Waals surface area contributed by atoms with Gasteiger partial charge in [-0.05, 0) is 6.42 Å². The highest BCUT2D eigenvalue weighted by molar-refractivity contribution is 5.72. The highest BCUT2D eigenvalue weighted by Gasteiger charge is 2.36. The zero-order valence-electron chi connectivity index (χ0n) is 7.10. The Bertz CT molecular complexity index is 167. The Kier molecular flexibility index (Phi) is 4.76. The fraction of sp³-hybridized carbons (Fsp3) is 0.857. The first-order valence-electron chi connectivity index (χ1n) is 3.84. The van der Waals surface area contributed by atoms with Gasteiger partial charge in [-0.2, -0.15) is 0 Å². The molecule has 0 aromatic carbocycles. The smallest absolute Gasteiger partial charge is 0.479 e. The monoisotopic (exact) mass is 200 g/mol. The number of carbonyl (C=O) groups is 1. The van der Waals surface area contributed by atoms with Crippen LogP contribution in [0.5, 0.6) is 0 Å². The number of alkyl halides is 3. The van der Waals surface area contributed by atoms with Gasteiger partial charge >= 0.3 is 12.3 Å². The molecule has 3 nitrogen and oxygen atoms in total. The van der Waals surface area contributed by atoms with Crippen molar-refractivity contribution in [3.63, 3.8) is 0 Å². The lowest BCUT2D eigenvalue weighted by Gasteiger charge is -2.14. The molecular weight excluding hydrogens is 189 g/mol. The maximum atomic E-state index is 11.6. The molecule has 0 rings (SSSR count). The van der Waals surface area contributed by atoms with Crippen molar-refractivity contribution < 1.29 is 27.8 Å². The predicted octanol–water partition coefficient (Wildman–Crippen LogP) is 2.17. The standard InChI is InChI=1S/C7H11F3O3/c1-2-3-4-5(6(11)12)13-7(8,9)10/h5H,2-4H2,1H3,(H,11,12). The van der Waals surface area contributed by atoms with E-state index >= 15 is 0 Å². The van der Waals surface area contributed by atoms with Crippen LogP contribution in [0.25, 0.3) is 0 Å². The van der Waals surface area contributed by atoms with Crippen molar-refractivity contribution in [2.45, 2.75) is 38.7 Å². The van der Waals surface area contributed by atoms with Crippen molar-refractivity contribution >= 4 is 5.97 Å². The van der Waals surface area contributed by atoms with E-state index in [1.165, 1.54) is 0 Å². The Labute approximate surface area is 73.5 Å². The molecule has 1 unspecified atom stereocenters. The summed E-state index contributed by atoms with van der Waals surface area (Å²) in [7, 11) is 0. The van der Waals surface area contributed by atoms with E-state index in [4.69, 9.17) is 5.11 Å². The van der Waals surface area contributed by atoms with Crippen LogP contribution in [0.2, 0.25) is 0 Å². The summed E-state index contributed by atoms with van der Waals surface area (Å²) >= 11 is 0. The minimum Gasteiger partial charge on any atom is -0.479 e. The van der Waals surface area contributed by atoms with Crippen LogP contribution < -0.4 is 0 Å². The second-order valence-electron chi connectivity index (χ2n) is 2.53. The summed E-state index contributed by atoms with van der Waals surface area (Å²) in [6.07, 6.45) is -5.75. The van der Waals surface area contributed by atoms with E-state index in [0.717, 1.165) is 0 Å². The summed E-state index contributed by atoms with van der Waals surface area (Å²) in [6, 6.07) is 0. The van der Waals surface area contributed by atoms with E-state index in [1.54, 1.807) is 6.92 Å². The van der Waals surface area contributed by atoms with E-state index in [9.17, 15) is 18.0 Å². The first kappa shape index (κ1) is 12.2. The molecule has 0 aliphatic heterocycles. The summed E-state index contributed by atoms with van der Waals surface area (Å²) in [4.78, 5) is 10.3. The van der Waals surface area contributed by atoms with Gasteiger partial charge in [-0.25, -0.2) is 4.79 Å². The number of hydrogen-bond acceptors (Lipinski definition) is 2. The van der Waals surface area contributed by atoms with Gasteiger partial charge < -0.3 is 5.11 Å². The molecule has 1 N–H and O–H groups in total. The van der Waals surface area contributed by atoms with E-state index in [0.29, 0.717) is 12.8 Å². The van der Waals surface area contributed by atoms with Gasteiger partial charge in [0.15, 0.2) is 6.10 Å². The minimum atomic E-state index is -4.88. The summed E-state index contributed by atoms with van der Waals surface area (Å²) in [5.74, 6) is -1.58. The molecule has 0 radical (unpaired) electrons. The molecule has 13 heavy (non-hydrogen) atoms. The fourth-order valence-electron chi connectivity index (χ4n) is 0.784. The molecule has 0 saturated heterocycles. The third-order valence-corrected chi connectivity index (χ3v) is 1.37. The van der Waals surface area contributed by atoms with Crippen LogP contribution in [0.15, 0.2) is 0 Å². The number of aliphatic carboxylic acids is 1. The van der Waals surface area contributed by atoms with E-state index < -0.39 is 18.4 Å². The van der Waals surface area contributed by atoms with Crippen LogP contribution in [-0.2, 0) is 9.53 Å². The van der Waals surface area contributed by atoms with Crippen molar-refractivity contribution in [3.8, 4) is 0 Å². The zero-order valence-corrected chi connectivity index (χ0v) is 7.10. The number of carboxylic acids is 1. The van der Waals surface area contributed by atoms with Crippen LogP contribution in [0.4, 0.5) is 13.2 Å². The maximum Gasteiger partial charge on any atom is 0.523 e. The van der Waals surface area contributed by atoms with Crippen molar-refractivity contribution in [2.24, 2.45) is 0 Å². The molecule has 78 valence electrons. The molecule has 6 heteroatoms. The molecular formula is C7H11F3O3. The van der Waals surface area contributed by atoms with Crippen molar-refractivity contribution in [3.05, 3.63) is 0 Å². The van der Waals surface area contributed by atoms with Gasteiger partial charge in [0.05, 0.1) is 0 Å². The minimum absolute atomic E-state index is 0.120. The van der Waals surface area contributed by atoms with Crippen molar-refractivity contribution in [1.29, 1.82) is 0 Å². The summed E-state index contributed by atoms with van der Waals surface area (Å²) in [5, 5.41) is 8.34. The summed E-state index contributed by atoms with van der Waals surface area (Å²) in [5.41, 5.74) is 0.